The Bertz CT molecular complexity index is 750. The minimum Gasteiger partial charge on any atom is -0.336 e. The van der Waals surface area contributed by atoms with E-state index in [1.54, 1.807) is 18.3 Å². The summed E-state index contributed by atoms with van der Waals surface area (Å²) in [6.07, 6.45) is 4.27. The zero-order valence-electron chi connectivity index (χ0n) is 14.1. The molecule has 1 aliphatic heterocycles. The second kappa shape index (κ2) is 6.25. The monoisotopic (exact) mass is 359 g/mol. The minimum atomic E-state index is -0.0914. The highest BCUT2D eigenvalue weighted by Gasteiger charge is 2.58. The third kappa shape index (κ3) is 3.06. The van der Waals surface area contributed by atoms with Gasteiger partial charge in [0, 0.05) is 32.6 Å². The number of nitrogens with one attached hydrogen (secondary N) is 1. The standard InChI is InChI=1S/C17H21N5O2S/c1-12(23)22(9-13-2-7-25-10-13)14-8-17(14)3-5-21(6-4-17)16(24)15-18-11-19-20-15/h2,7,10-11,14H,3-6,8-9H2,1H3,(H,18,19,20)/t14-/m1/s1. The first-order chi connectivity index (χ1) is 12.1. The van der Waals surface area contributed by atoms with Crippen molar-refractivity contribution < 1.29 is 9.59 Å². The third-order valence-electron chi connectivity index (χ3n) is 5.52. The molecule has 2 fully saturated rings. The fraction of sp³-hybridized carbons (Fsp3) is 0.529. The van der Waals surface area contributed by atoms with Crippen LogP contribution in [-0.4, -0.2) is 55.9 Å². The Hall–Kier alpha value is -2.22. The number of hydrogen-bond acceptors (Lipinski definition) is 5. The van der Waals surface area contributed by atoms with E-state index in [1.807, 2.05) is 15.2 Å². The number of carbonyl (C=O) groups is 2. The van der Waals surface area contributed by atoms with E-state index in [1.165, 1.54) is 11.9 Å². The van der Waals surface area contributed by atoms with E-state index in [2.05, 4.69) is 26.6 Å². The van der Waals surface area contributed by atoms with Crippen molar-refractivity contribution in [1.82, 2.24) is 25.0 Å². The number of likely N-dealkylation sites (tertiary alicyclic amines) is 1. The van der Waals surface area contributed by atoms with Crippen molar-refractivity contribution in [1.29, 1.82) is 0 Å². The maximum atomic E-state index is 12.4. The number of rotatable bonds is 4. The van der Waals surface area contributed by atoms with E-state index < -0.39 is 0 Å². The van der Waals surface area contributed by atoms with Crippen molar-refractivity contribution in [3.63, 3.8) is 0 Å². The number of carbonyl (C=O) groups excluding carboxylic acids is 2. The first-order valence-corrected chi connectivity index (χ1v) is 9.46. The summed E-state index contributed by atoms with van der Waals surface area (Å²) in [6, 6.07) is 2.38. The van der Waals surface area contributed by atoms with Crippen LogP contribution in [0.25, 0.3) is 0 Å². The molecule has 0 radical (unpaired) electrons. The molecule has 1 saturated heterocycles. The van der Waals surface area contributed by atoms with E-state index in [0.717, 1.165) is 19.3 Å². The Morgan fingerprint density at radius 1 is 1.44 bits per heavy atom. The molecule has 1 spiro atoms. The summed E-state index contributed by atoms with van der Waals surface area (Å²) in [6.45, 7) is 3.76. The van der Waals surface area contributed by atoms with Crippen LogP contribution in [0.2, 0.25) is 0 Å². The highest BCUT2D eigenvalue weighted by molar-refractivity contribution is 7.07. The zero-order valence-corrected chi connectivity index (χ0v) is 15.0. The van der Waals surface area contributed by atoms with Gasteiger partial charge in [-0.15, -0.1) is 0 Å². The van der Waals surface area contributed by atoms with Gasteiger partial charge in [0.05, 0.1) is 0 Å². The quantitative estimate of drug-likeness (QED) is 0.904. The van der Waals surface area contributed by atoms with Crippen molar-refractivity contribution in [2.24, 2.45) is 5.41 Å². The number of aromatic nitrogens is 3. The Labute approximate surface area is 150 Å². The molecular weight excluding hydrogens is 338 g/mol. The molecule has 0 aromatic carbocycles. The molecule has 8 heteroatoms. The molecule has 2 amide bonds. The van der Waals surface area contributed by atoms with Crippen LogP contribution in [0.15, 0.2) is 23.2 Å². The predicted octanol–water partition coefficient (Wildman–Crippen LogP) is 1.91. The van der Waals surface area contributed by atoms with Gasteiger partial charge in [0.2, 0.25) is 11.7 Å². The van der Waals surface area contributed by atoms with Crippen LogP contribution in [0.1, 0.15) is 42.4 Å². The molecule has 132 valence electrons. The molecule has 2 aromatic rings. The van der Waals surface area contributed by atoms with E-state index in [9.17, 15) is 9.59 Å². The Kier molecular flexibility index (Phi) is 4.07. The summed E-state index contributed by atoms with van der Waals surface area (Å²) in [7, 11) is 0. The number of H-pyrrole nitrogens is 1. The average Bonchev–Trinajstić information content (AvgIpc) is 3.07. The van der Waals surface area contributed by atoms with E-state index >= 15 is 0 Å². The number of nitrogens with zero attached hydrogens (tertiary/aromatic N) is 4. The summed E-state index contributed by atoms with van der Waals surface area (Å²) < 4.78 is 0. The predicted molar refractivity (Wildman–Crippen MR) is 92.9 cm³/mol. The van der Waals surface area contributed by atoms with Crippen LogP contribution in [0.3, 0.4) is 0 Å². The van der Waals surface area contributed by atoms with E-state index in [4.69, 9.17) is 0 Å². The topological polar surface area (TPSA) is 82.2 Å². The SMILES string of the molecule is CC(=O)N(Cc1ccsc1)[C@@H]1CC12CCN(C(=O)c1ncn[nH]1)CC2. The number of hydrogen-bond donors (Lipinski definition) is 1. The van der Waals surface area contributed by atoms with Gasteiger partial charge < -0.3 is 9.80 Å². The van der Waals surface area contributed by atoms with Crippen LogP contribution in [0.5, 0.6) is 0 Å². The number of thiophene rings is 1. The molecule has 2 aliphatic rings. The third-order valence-corrected chi connectivity index (χ3v) is 6.26. The lowest BCUT2D eigenvalue weighted by molar-refractivity contribution is -0.130. The molecular formula is C17H21N5O2S. The lowest BCUT2D eigenvalue weighted by atomic mass is 9.92. The van der Waals surface area contributed by atoms with Gasteiger partial charge in [-0.05, 0) is 47.1 Å². The van der Waals surface area contributed by atoms with Gasteiger partial charge in [-0.2, -0.15) is 16.4 Å². The summed E-state index contributed by atoms with van der Waals surface area (Å²) in [5, 5.41) is 10.5. The molecule has 0 unspecified atom stereocenters. The van der Waals surface area contributed by atoms with Crippen molar-refractivity contribution >= 4 is 23.2 Å². The average molecular weight is 359 g/mol. The molecule has 7 nitrogen and oxygen atoms in total. The van der Waals surface area contributed by atoms with Crippen molar-refractivity contribution in [3.8, 4) is 0 Å². The van der Waals surface area contributed by atoms with Crippen molar-refractivity contribution in [2.45, 2.75) is 38.8 Å². The first-order valence-electron chi connectivity index (χ1n) is 8.52. The number of amides is 2. The van der Waals surface area contributed by atoms with Crippen LogP contribution < -0.4 is 0 Å². The highest BCUT2D eigenvalue weighted by Crippen LogP contribution is 2.57. The maximum absolute atomic E-state index is 12.4. The molecule has 1 saturated carbocycles. The summed E-state index contributed by atoms with van der Waals surface area (Å²) in [5.74, 6) is 0.339. The van der Waals surface area contributed by atoms with Gasteiger partial charge in [-0.3, -0.25) is 14.7 Å². The molecule has 0 bridgehead atoms. The molecule has 1 atom stereocenters. The molecule has 1 N–H and O–H groups in total. The molecule has 4 rings (SSSR count). The number of aromatic amines is 1. The summed E-state index contributed by atoms with van der Waals surface area (Å²) in [5.41, 5.74) is 1.38. The molecule has 2 aromatic heterocycles. The smallest absolute Gasteiger partial charge is 0.291 e. The van der Waals surface area contributed by atoms with Crippen molar-refractivity contribution in [3.05, 3.63) is 34.5 Å². The minimum absolute atomic E-state index is 0.0914. The maximum Gasteiger partial charge on any atom is 0.291 e. The van der Waals surface area contributed by atoms with E-state index in [0.29, 0.717) is 31.5 Å². The van der Waals surface area contributed by atoms with Gasteiger partial charge in [-0.25, -0.2) is 4.98 Å². The second-order valence-corrected chi connectivity index (χ2v) is 7.77. The van der Waals surface area contributed by atoms with Crippen LogP contribution in [0, 0.1) is 5.41 Å². The van der Waals surface area contributed by atoms with Crippen LogP contribution in [0.4, 0.5) is 0 Å². The van der Waals surface area contributed by atoms with Crippen LogP contribution in [-0.2, 0) is 11.3 Å². The fourth-order valence-electron chi connectivity index (χ4n) is 3.94. The van der Waals surface area contributed by atoms with Gasteiger partial charge in [0.15, 0.2) is 0 Å². The zero-order chi connectivity index (χ0) is 17.4. The summed E-state index contributed by atoms with van der Waals surface area (Å²) in [4.78, 5) is 32.3. The molecule has 3 heterocycles. The lowest BCUT2D eigenvalue weighted by Crippen LogP contribution is -2.42. The Morgan fingerprint density at radius 2 is 2.24 bits per heavy atom. The summed E-state index contributed by atoms with van der Waals surface area (Å²) >= 11 is 1.66. The molecule has 25 heavy (non-hydrogen) atoms. The van der Waals surface area contributed by atoms with Gasteiger partial charge in [0.1, 0.15) is 6.33 Å². The van der Waals surface area contributed by atoms with Crippen LogP contribution >= 0.6 is 11.3 Å². The van der Waals surface area contributed by atoms with Crippen molar-refractivity contribution in [2.75, 3.05) is 13.1 Å². The first kappa shape index (κ1) is 16.3. The van der Waals surface area contributed by atoms with Gasteiger partial charge >= 0.3 is 0 Å². The van der Waals surface area contributed by atoms with E-state index in [-0.39, 0.29) is 17.2 Å². The highest BCUT2D eigenvalue weighted by atomic mass is 32.1. The number of piperidine rings is 1. The Balaban J connectivity index is 1.38. The normalized spacial score (nSPS) is 21.3. The fourth-order valence-corrected chi connectivity index (χ4v) is 4.60. The van der Waals surface area contributed by atoms with Gasteiger partial charge in [0.25, 0.3) is 5.91 Å². The second-order valence-electron chi connectivity index (χ2n) is 6.99. The Morgan fingerprint density at radius 3 is 2.84 bits per heavy atom. The van der Waals surface area contributed by atoms with Gasteiger partial charge in [-0.1, -0.05) is 0 Å². The largest absolute Gasteiger partial charge is 0.336 e. The molecule has 1 aliphatic carbocycles. The lowest BCUT2D eigenvalue weighted by Gasteiger charge is -2.34.